The molecule has 110 valence electrons. The second kappa shape index (κ2) is 8.45. The van der Waals surface area contributed by atoms with E-state index in [9.17, 15) is 0 Å². The van der Waals surface area contributed by atoms with E-state index in [2.05, 4.69) is 17.5 Å². The van der Waals surface area contributed by atoms with Crippen LogP contribution in [0, 0.1) is 0 Å². The zero-order valence-electron chi connectivity index (χ0n) is 11.5. The van der Waals surface area contributed by atoms with Gasteiger partial charge in [-0.1, -0.05) is 65.2 Å². The molecule has 0 saturated heterocycles. The third-order valence-electron chi connectivity index (χ3n) is 3.03. The maximum Gasteiger partial charge on any atom is 0.0453 e. The number of rotatable bonds is 6. The average Bonchev–Trinajstić information content (AvgIpc) is 2.46. The predicted molar refractivity (Wildman–Crippen MR) is 93.5 cm³/mol. The summed E-state index contributed by atoms with van der Waals surface area (Å²) in [4.78, 5) is 0. The molecule has 0 bridgehead atoms. The van der Waals surface area contributed by atoms with Gasteiger partial charge in [0.2, 0.25) is 0 Å². The summed E-state index contributed by atoms with van der Waals surface area (Å²) in [5.41, 5.74) is 2.25. The molecule has 0 saturated carbocycles. The Morgan fingerprint density at radius 3 is 2.33 bits per heavy atom. The Kier molecular flexibility index (Phi) is 6.59. The van der Waals surface area contributed by atoms with Crippen molar-refractivity contribution in [3.8, 4) is 0 Å². The van der Waals surface area contributed by atoms with Crippen molar-refractivity contribution in [3.63, 3.8) is 0 Å². The molecule has 1 N–H and O–H groups in total. The van der Waals surface area contributed by atoms with Gasteiger partial charge in [0.1, 0.15) is 0 Å². The molecule has 0 aliphatic carbocycles. The van der Waals surface area contributed by atoms with E-state index in [0.29, 0.717) is 5.02 Å². The van der Waals surface area contributed by atoms with E-state index < -0.39 is 0 Å². The fourth-order valence-corrected chi connectivity index (χ4v) is 2.53. The summed E-state index contributed by atoms with van der Waals surface area (Å²) in [5, 5.41) is 5.50. The van der Waals surface area contributed by atoms with Gasteiger partial charge in [-0.15, -0.1) is 0 Å². The highest BCUT2D eigenvalue weighted by molar-refractivity contribution is 6.35. The molecule has 0 atom stereocenters. The van der Waals surface area contributed by atoms with Crippen LogP contribution in [-0.2, 0) is 6.42 Å². The van der Waals surface area contributed by atoms with E-state index in [0.717, 1.165) is 40.7 Å². The van der Waals surface area contributed by atoms with Crippen LogP contribution in [-0.4, -0.2) is 13.1 Å². The number of benzene rings is 2. The van der Waals surface area contributed by atoms with Crippen molar-refractivity contribution in [2.45, 2.75) is 6.42 Å². The van der Waals surface area contributed by atoms with Crippen LogP contribution in [0.25, 0.3) is 6.08 Å². The summed E-state index contributed by atoms with van der Waals surface area (Å²) in [6.07, 6.45) is 5.04. The molecule has 1 nitrogen and oxygen atoms in total. The lowest BCUT2D eigenvalue weighted by atomic mass is 10.1. The number of halogens is 3. The number of nitrogens with one attached hydrogen (secondary N) is 1. The van der Waals surface area contributed by atoms with Gasteiger partial charge in [0.25, 0.3) is 0 Å². The third kappa shape index (κ3) is 5.72. The smallest absolute Gasteiger partial charge is 0.0453 e. The first kappa shape index (κ1) is 16.4. The molecule has 0 aliphatic rings. The fourth-order valence-electron chi connectivity index (χ4n) is 1.90. The molecule has 0 radical (unpaired) electrons. The SMILES string of the molecule is Clc1ccc(/C=C/CNCCc2ccc(Cl)cc2Cl)cc1. The Morgan fingerprint density at radius 2 is 1.62 bits per heavy atom. The second-order valence-corrected chi connectivity index (χ2v) is 5.92. The lowest BCUT2D eigenvalue weighted by Crippen LogP contribution is -2.17. The summed E-state index contributed by atoms with van der Waals surface area (Å²) in [7, 11) is 0. The molecule has 0 fully saturated rings. The van der Waals surface area contributed by atoms with Crippen LogP contribution in [0.3, 0.4) is 0 Å². The van der Waals surface area contributed by atoms with Gasteiger partial charge in [-0.25, -0.2) is 0 Å². The first-order chi connectivity index (χ1) is 10.1. The van der Waals surface area contributed by atoms with Crippen LogP contribution in [0.4, 0.5) is 0 Å². The van der Waals surface area contributed by atoms with Gasteiger partial charge in [0, 0.05) is 21.6 Å². The van der Waals surface area contributed by atoms with Gasteiger partial charge in [0.15, 0.2) is 0 Å². The van der Waals surface area contributed by atoms with Crippen LogP contribution in [0.15, 0.2) is 48.5 Å². The zero-order valence-corrected chi connectivity index (χ0v) is 13.7. The maximum atomic E-state index is 6.13. The molecule has 21 heavy (non-hydrogen) atoms. The highest BCUT2D eigenvalue weighted by atomic mass is 35.5. The van der Waals surface area contributed by atoms with Crippen LogP contribution in [0.2, 0.25) is 15.1 Å². The Balaban J connectivity index is 1.71. The van der Waals surface area contributed by atoms with Gasteiger partial charge in [-0.3, -0.25) is 0 Å². The second-order valence-electron chi connectivity index (χ2n) is 4.64. The van der Waals surface area contributed by atoms with E-state index in [1.807, 2.05) is 36.4 Å². The molecule has 2 aromatic rings. The summed E-state index contributed by atoms with van der Waals surface area (Å²) in [5.74, 6) is 0. The Morgan fingerprint density at radius 1 is 0.905 bits per heavy atom. The monoisotopic (exact) mass is 339 g/mol. The van der Waals surface area contributed by atoms with E-state index in [-0.39, 0.29) is 0 Å². The normalized spacial score (nSPS) is 11.2. The Hall–Kier alpha value is -0.990. The molecular formula is C17H16Cl3N. The molecule has 0 spiro atoms. The standard InChI is InChI=1S/C17H16Cl3N/c18-15-6-3-13(4-7-15)2-1-10-21-11-9-14-5-8-16(19)12-17(14)20/h1-8,12,21H,9-11H2/b2-1+. The van der Waals surface area contributed by atoms with Crippen molar-refractivity contribution in [2.75, 3.05) is 13.1 Å². The van der Waals surface area contributed by atoms with Gasteiger partial charge in [-0.2, -0.15) is 0 Å². The summed E-state index contributed by atoms with van der Waals surface area (Å²) in [6.45, 7) is 1.68. The lowest BCUT2D eigenvalue weighted by Gasteiger charge is -2.05. The molecule has 0 amide bonds. The molecule has 0 heterocycles. The topological polar surface area (TPSA) is 12.0 Å². The van der Waals surface area contributed by atoms with Crippen molar-refractivity contribution < 1.29 is 0 Å². The first-order valence-corrected chi connectivity index (χ1v) is 7.85. The van der Waals surface area contributed by atoms with Crippen LogP contribution in [0.5, 0.6) is 0 Å². The van der Waals surface area contributed by atoms with E-state index in [1.165, 1.54) is 0 Å². The molecular weight excluding hydrogens is 325 g/mol. The number of hydrogen-bond acceptors (Lipinski definition) is 1. The van der Waals surface area contributed by atoms with Crippen LogP contribution < -0.4 is 5.32 Å². The predicted octanol–water partition coefficient (Wildman–Crippen LogP) is 5.49. The van der Waals surface area contributed by atoms with E-state index >= 15 is 0 Å². The first-order valence-electron chi connectivity index (χ1n) is 6.72. The minimum absolute atomic E-state index is 0.669. The molecule has 4 heteroatoms. The van der Waals surface area contributed by atoms with Gasteiger partial charge in [-0.05, 0) is 48.4 Å². The third-order valence-corrected chi connectivity index (χ3v) is 3.87. The maximum absolute atomic E-state index is 6.13. The highest BCUT2D eigenvalue weighted by Crippen LogP contribution is 2.21. The molecule has 0 aliphatic heterocycles. The zero-order chi connectivity index (χ0) is 15.1. The summed E-state index contributed by atoms with van der Waals surface area (Å²) in [6, 6.07) is 13.4. The minimum atomic E-state index is 0.669. The van der Waals surface area contributed by atoms with E-state index in [4.69, 9.17) is 34.8 Å². The summed E-state index contributed by atoms with van der Waals surface area (Å²) >= 11 is 17.8. The van der Waals surface area contributed by atoms with Crippen LogP contribution in [0.1, 0.15) is 11.1 Å². The van der Waals surface area contributed by atoms with Crippen molar-refractivity contribution in [1.82, 2.24) is 5.32 Å². The number of hydrogen-bond donors (Lipinski definition) is 1. The molecule has 0 aromatic heterocycles. The molecule has 2 aromatic carbocycles. The van der Waals surface area contributed by atoms with Crippen LogP contribution >= 0.6 is 34.8 Å². The fraction of sp³-hybridized carbons (Fsp3) is 0.176. The van der Waals surface area contributed by atoms with Gasteiger partial charge >= 0.3 is 0 Å². The molecule has 0 unspecified atom stereocenters. The largest absolute Gasteiger partial charge is 0.313 e. The van der Waals surface area contributed by atoms with Crippen molar-refractivity contribution in [2.24, 2.45) is 0 Å². The van der Waals surface area contributed by atoms with E-state index in [1.54, 1.807) is 6.07 Å². The summed E-state index contributed by atoms with van der Waals surface area (Å²) < 4.78 is 0. The lowest BCUT2D eigenvalue weighted by molar-refractivity contribution is 0.746. The van der Waals surface area contributed by atoms with Crippen molar-refractivity contribution in [1.29, 1.82) is 0 Å². The Bertz CT molecular complexity index is 606. The minimum Gasteiger partial charge on any atom is -0.313 e. The Labute approximate surface area is 140 Å². The quantitative estimate of drug-likeness (QED) is 0.685. The van der Waals surface area contributed by atoms with Crippen molar-refractivity contribution >= 4 is 40.9 Å². The van der Waals surface area contributed by atoms with Crippen molar-refractivity contribution in [3.05, 3.63) is 74.7 Å². The van der Waals surface area contributed by atoms with Gasteiger partial charge < -0.3 is 5.32 Å². The highest BCUT2D eigenvalue weighted by Gasteiger charge is 2.00. The van der Waals surface area contributed by atoms with Gasteiger partial charge in [0.05, 0.1) is 0 Å². The average molecular weight is 341 g/mol. The molecule has 2 rings (SSSR count).